The molecule has 11 heteroatoms. The van der Waals surface area contributed by atoms with Crippen LogP contribution in [-0.2, 0) is 20.8 Å². The molecular formula is C10H18N2NaO7P. The fourth-order valence-electron chi connectivity index (χ4n) is 1.43. The molecule has 0 amide bonds. The number of hydrogen-bond donors (Lipinski definition) is 3. The van der Waals surface area contributed by atoms with Crippen molar-refractivity contribution in [2.45, 2.75) is 32.8 Å². The van der Waals surface area contributed by atoms with E-state index < -0.39 is 24.7 Å². The van der Waals surface area contributed by atoms with Crippen LogP contribution in [0.5, 0.6) is 0 Å². The predicted octanol–water partition coefficient (Wildman–Crippen LogP) is -0.941. The summed E-state index contributed by atoms with van der Waals surface area (Å²) in [4.78, 5) is 42.5. The van der Waals surface area contributed by atoms with Gasteiger partial charge in [-0.1, -0.05) is 6.92 Å². The van der Waals surface area contributed by atoms with Crippen molar-refractivity contribution in [2.75, 3.05) is 6.79 Å². The number of aromatic amines is 1. The standard InChI is InChI=1S/C10H17N2O7P.Na.H/c1-3-8(20(15,16)17)19-6-18-5-12-4-7(2)9(13)11-10(12)14;;/h4,8H,3,5-6H2,1-2H3,(H,11,13,14)(H2,15,16,17);;. The van der Waals surface area contributed by atoms with Crippen LogP contribution in [0.15, 0.2) is 15.8 Å². The summed E-state index contributed by atoms with van der Waals surface area (Å²) in [6.45, 7) is 2.52. The Kier molecular flexibility index (Phi) is 8.91. The van der Waals surface area contributed by atoms with Gasteiger partial charge in [-0.15, -0.1) is 0 Å². The molecule has 1 atom stereocenters. The topological polar surface area (TPSA) is 131 Å². The molecule has 0 aliphatic carbocycles. The minimum atomic E-state index is -4.33. The van der Waals surface area contributed by atoms with Crippen LogP contribution in [0, 0.1) is 6.92 Å². The molecular weight excluding hydrogens is 314 g/mol. The first kappa shape index (κ1) is 20.8. The Morgan fingerprint density at radius 3 is 2.57 bits per heavy atom. The normalized spacial score (nSPS) is 12.8. The molecule has 21 heavy (non-hydrogen) atoms. The Balaban J connectivity index is 0.00000400. The van der Waals surface area contributed by atoms with E-state index in [4.69, 9.17) is 19.3 Å². The Bertz CT molecular complexity index is 608. The Labute approximate surface area is 142 Å². The van der Waals surface area contributed by atoms with E-state index in [9.17, 15) is 14.2 Å². The van der Waals surface area contributed by atoms with Crippen LogP contribution < -0.4 is 11.2 Å². The molecule has 0 aliphatic rings. The second kappa shape index (κ2) is 9.02. The number of aromatic nitrogens is 2. The summed E-state index contributed by atoms with van der Waals surface area (Å²) in [5.41, 5.74) is -0.770. The molecule has 9 nitrogen and oxygen atoms in total. The fourth-order valence-corrected chi connectivity index (χ4v) is 2.16. The predicted molar refractivity (Wildman–Crippen MR) is 76.4 cm³/mol. The molecule has 0 bridgehead atoms. The van der Waals surface area contributed by atoms with Crippen LogP contribution in [0.4, 0.5) is 0 Å². The third-order valence-electron chi connectivity index (χ3n) is 2.49. The van der Waals surface area contributed by atoms with Crippen LogP contribution >= 0.6 is 7.60 Å². The number of aryl methyl sites for hydroxylation is 1. The zero-order valence-corrected chi connectivity index (χ0v) is 12.0. The number of H-pyrrole nitrogens is 1. The number of nitrogens with zero attached hydrogens (tertiary/aromatic N) is 1. The van der Waals surface area contributed by atoms with Gasteiger partial charge in [-0.2, -0.15) is 0 Å². The zero-order chi connectivity index (χ0) is 15.3. The molecule has 1 rings (SSSR count). The summed E-state index contributed by atoms with van der Waals surface area (Å²) in [7, 11) is -4.33. The fraction of sp³-hybridized carbons (Fsp3) is 0.600. The van der Waals surface area contributed by atoms with Gasteiger partial charge in [0.2, 0.25) is 0 Å². The van der Waals surface area contributed by atoms with Crippen LogP contribution in [0.3, 0.4) is 0 Å². The van der Waals surface area contributed by atoms with E-state index in [2.05, 4.69) is 4.98 Å². The van der Waals surface area contributed by atoms with Gasteiger partial charge < -0.3 is 19.3 Å². The monoisotopic (exact) mass is 332 g/mol. The first-order valence-electron chi connectivity index (χ1n) is 5.80. The molecule has 116 valence electrons. The number of rotatable bonds is 7. The Hall–Kier alpha value is -0.250. The Morgan fingerprint density at radius 1 is 1.43 bits per heavy atom. The quantitative estimate of drug-likeness (QED) is 0.254. The van der Waals surface area contributed by atoms with Gasteiger partial charge in [-0.05, 0) is 13.3 Å². The van der Waals surface area contributed by atoms with Crippen LogP contribution in [-0.4, -0.2) is 61.5 Å². The van der Waals surface area contributed by atoms with Crippen LogP contribution in [0.25, 0.3) is 0 Å². The summed E-state index contributed by atoms with van der Waals surface area (Å²) in [5.74, 6) is -1.24. The number of ether oxygens (including phenoxy) is 2. The molecule has 0 fully saturated rings. The van der Waals surface area contributed by atoms with Crippen molar-refractivity contribution < 1.29 is 23.8 Å². The van der Waals surface area contributed by atoms with Crippen molar-refractivity contribution >= 4 is 37.2 Å². The van der Waals surface area contributed by atoms with E-state index >= 15 is 0 Å². The van der Waals surface area contributed by atoms with Crippen molar-refractivity contribution in [3.63, 3.8) is 0 Å². The molecule has 0 radical (unpaired) electrons. The summed E-state index contributed by atoms with van der Waals surface area (Å²) >= 11 is 0. The minimum absolute atomic E-state index is 0. The zero-order valence-electron chi connectivity index (χ0n) is 11.1. The maximum absolute atomic E-state index is 11.4. The van der Waals surface area contributed by atoms with Gasteiger partial charge in [0, 0.05) is 11.8 Å². The molecule has 3 N–H and O–H groups in total. The summed E-state index contributed by atoms with van der Waals surface area (Å²) in [5, 5.41) is 0. The molecule has 0 aliphatic heterocycles. The molecule has 1 unspecified atom stereocenters. The van der Waals surface area contributed by atoms with Crippen molar-refractivity contribution in [3.8, 4) is 0 Å². The third kappa shape index (κ3) is 6.58. The van der Waals surface area contributed by atoms with Gasteiger partial charge in [-0.25, -0.2) is 4.79 Å². The van der Waals surface area contributed by atoms with E-state index in [0.29, 0.717) is 5.56 Å². The van der Waals surface area contributed by atoms with Crippen molar-refractivity contribution in [3.05, 3.63) is 32.6 Å². The van der Waals surface area contributed by atoms with Gasteiger partial charge >= 0.3 is 42.8 Å². The van der Waals surface area contributed by atoms with Crippen molar-refractivity contribution in [2.24, 2.45) is 0 Å². The van der Waals surface area contributed by atoms with Gasteiger partial charge in [0.15, 0.2) is 5.85 Å². The molecule has 0 spiro atoms. The third-order valence-corrected chi connectivity index (χ3v) is 3.75. The van der Waals surface area contributed by atoms with Crippen molar-refractivity contribution in [1.82, 2.24) is 9.55 Å². The van der Waals surface area contributed by atoms with Crippen molar-refractivity contribution in [1.29, 1.82) is 0 Å². The second-order valence-corrected chi connectivity index (χ2v) is 5.87. The van der Waals surface area contributed by atoms with E-state index in [0.717, 1.165) is 4.57 Å². The Morgan fingerprint density at radius 2 is 2.05 bits per heavy atom. The molecule has 0 saturated heterocycles. The summed E-state index contributed by atoms with van der Waals surface area (Å²) < 4.78 is 22.0. The van der Waals surface area contributed by atoms with Gasteiger partial charge in [0.05, 0.1) is 0 Å². The molecule has 1 heterocycles. The SMILES string of the molecule is CCC(OCOCn1cc(C)c(=O)[nH]c1=O)P(=O)(O)O.[NaH]. The van der Waals surface area contributed by atoms with Gasteiger partial charge in [-0.3, -0.25) is 18.9 Å². The van der Waals surface area contributed by atoms with E-state index in [-0.39, 0.29) is 49.5 Å². The maximum atomic E-state index is 11.4. The van der Waals surface area contributed by atoms with Gasteiger partial charge in [0.25, 0.3) is 5.56 Å². The van der Waals surface area contributed by atoms with E-state index in [1.54, 1.807) is 6.92 Å². The second-order valence-electron chi connectivity index (χ2n) is 4.11. The average Bonchev–Trinajstić information content (AvgIpc) is 2.33. The van der Waals surface area contributed by atoms with E-state index in [1.165, 1.54) is 13.1 Å². The molecule has 0 saturated carbocycles. The first-order valence-corrected chi connectivity index (χ1v) is 7.48. The number of nitrogens with one attached hydrogen (secondary N) is 1. The first-order chi connectivity index (χ1) is 9.25. The van der Waals surface area contributed by atoms with Crippen LogP contribution in [0.2, 0.25) is 0 Å². The average molecular weight is 332 g/mol. The summed E-state index contributed by atoms with van der Waals surface area (Å²) in [6.07, 6.45) is 1.45. The van der Waals surface area contributed by atoms with Crippen LogP contribution in [0.1, 0.15) is 18.9 Å². The van der Waals surface area contributed by atoms with Gasteiger partial charge in [0.1, 0.15) is 13.5 Å². The number of hydrogen-bond acceptors (Lipinski definition) is 5. The van der Waals surface area contributed by atoms with E-state index in [1.807, 2.05) is 0 Å². The molecule has 1 aromatic heterocycles. The molecule has 0 aromatic carbocycles. The summed E-state index contributed by atoms with van der Waals surface area (Å²) in [6, 6.07) is 0. The molecule has 1 aromatic rings.